The number of halogens is 6. The standard InChI is InChI=1S/C54H48F6N6O15S3/c1-38(61-79-82(70,71)35-39-11-5-2-6-12-39)42-17-23-45(24-18-42)76-32-29-64-50(67)65(30-33-77-46-25-19-43(20-26-46)48(53(55,56)57)62-80-83(72,73)36-40-13-7-3-8-14-40)52(69)66(51(64)68)31-34-78-47-27-21-44(22-28-47)49(54(58,59)60)63-81-84(74,75)37-41-15-9-4-10-16-41/h2-28H,29-37H2,1H3/b61-38+,62-48-,63-49+. The van der Waals surface area contributed by atoms with Crippen molar-refractivity contribution < 1.29 is 78.7 Å². The maximum atomic E-state index is 14.1. The van der Waals surface area contributed by atoms with Gasteiger partial charge in [-0.05, 0) is 102 Å². The summed E-state index contributed by atoms with van der Waals surface area (Å²) < 4.78 is 192. The molecule has 0 aliphatic heterocycles. The lowest BCUT2D eigenvalue weighted by atomic mass is 10.1. The van der Waals surface area contributed by atoms with Crippen LogP contribution in [0, 0.1) is 0 Å². The van der Waals surface area contributed by atoms with Gasteiger partial charge in [0.15, 0.2) is 11.4 Å². The Balaban J connectivity index is 1.06. The van der Waals surface area contributed by atoms with Crippen LogP contribution in [0.3, 0.4) is 0 Å². The molecule has 0 atom stereocenters. The second kappa shape index (κ2) is 27.4. The van der Waals surface area contributed by atoms with E-state index in [2.05, 4.69) is 24.0 Å². The SMILES string of the molecule is C/C(=N\OS(=O)(=O)Cc1ccccc1)c1ccc(OCCn2c(=O)n(CCOc3ccc(/C(=N/OS(=O)(=O)Cc4ccccc4)C(F)(F)F)cc3)c(=O)n(CCOc3ccc(/C(=N\OS(=O)(=O)Cc4ccccc4)C(F)(F)F)cc3)c2=O)cc1. The fourth-order valence-corrected chi connectivity index (χ4v) is 10.1. The summed E-state index contributed by atoms with van der Waals surface area (Å²) in [5.41, 5.74) is -6.50. The van der Waals surface area contributed by atoms with Gasteiger partial charge in [-0.3, -0.25) is 12.9 Å². The van der Waals surface area contributed by atoms with Gasteiger partial charge in [-0.25, -0.2) is 28.1 Å². The molecule has 21 nitrogen and oxygen atoms in total. The number of benzene rings is 6. The van der Waals surface area contributed by atoms with Gasteiger partial charge >= 0.3 is 59.8 Å². The number of alkyl halides is 6. The smallest absolute Gasteiger partial charge is 0.437 e. The van der Waals surface area contributed by atoms with Crippen LogP contribution in [-0.2, 0) is 80.1 Å². The summed E-state index contributed by atoms with van der Waals surface area (Å²) in [6.45, 7) is -1.46. The molecule has 1 aromatic heterocycles. The highest BCUT2D eigenvalue weighted by Crippen LogP contribution is 2.27. The lowest BCUT2D eigenvalue weighted by molar-refractivity contribution is -0.0606. The first-order chi connectivity index (χ1) is 39.8. The summed E-state index contributed by atoms with van der Waals surface area (Å²) in [5.74, 6) is -1.92. The molecule has 0 amide bonds. The average molecular weight is 1230 g/mol. The van der Waals surface area contributed by atoms with Gasteiger partial charge in [0.2, 0.25) is 0 Å². The molecule has 0 N–H and O–H groups in total. The Morgan fingerprint density at radius 3 is 0.929 bits per heavy atom. The van der Waals surface area contributed by atoms with Gasteiger partial charge < -0.3 is 14.2 Å². The van der Waals surface area contributed by atoms with E-state index in [0.29, 0.717) is 24.8 Å². The number of hydrogen-bond acceptors (Lipinski definition) is 18. The van der Waals surface area contributed by atoms with Crippen LogP contribution in [0.15, 0.2) is 194 Å². The molecular formula is C54H48F6N6O15S3. The third-order valence-corrected chi connectivity index (χ3v) is 14.5. The molecule has 7 aromatic rings. The third-order valence-electron chi connectivity index (χ3n) is 11.5. The third kappa shape index (κ3) is 18.2. The largest absolute Gasteiger partial charge is 0.492 e. The van der Waals surface area contributed by atoms with Crippen LogP contribution in [0.25, 0.3) is 0 Å². The predicted molar refractivity (Wildman–Crippen MR) is 293 cm³/mol. The first-order valence-corrected chi connectivity index (χ1v) is 29.3. The van der Waals surface area contributed by atoms with Crippen LogP contribution in [0.4, 0.5) is 26.3 Å². The molecule has 0 saturated heterocycles. The van der Waals surface area contributed by atoms with Crippen molar-refractivity contribution in [1.82, 2.24) is 13.7 Å². The second-order valence-electron chi connectivity index (χ2n) is 17.8. The van der Waals surface area contributed by atoms with E-state index in [-0.39, 0.29) is 40.7 Å². The molecule has 444 valence electrons. The Kier molecular flexibility index (Phi) is 20.4. The fourth-order valence-electron chi connectivity index (χ4n) is 7.54. The highest BCUT2D eigenvalue weighted by atomic mass is 32.2. The van der Waals surface area contributed by atoms with Crippen molar-refractivity contribution in [1.29, 1.82) is 0 Å². The summed E-state index contributed by atoms with van der Waals surface area (Å²) in [7, 11) is -13.3. The molecular weight excluding hydrogens is 1180 g/mol. The average Bonchev–Trinajstić information content (AvgIpc) is 2.79. The minimum absolute atomic E-state index is 0.0882. The van der Waals surface area contributed by atoms with Crippen LogP contribution in [0.1, 0.15) is 40.3 Å². The van der Waals surface area contributed by atoms with Crippen LogP contribution >= 0.6 is 0 Å². The van der Waals surface area contributed by atoms with Gasteiger partial charge in [-0.1, -0.05) is 106 Å². The minimum atomic E-state index is -5.19. The summed E-state index contributed by atoms with van der Waals surface area (Å²) in [4.78, 5) is 41.6. The number of ether oxygens (including phenoxy) is 3. The lowest BCUT2D eigenvalue weighted by Crippen LogP contribution is -2.55. The van der Waals surface area contributed by atoms with Crippen molar-refractivity contribution >= 4 is 47.5 Å². The van der Waals surface area contributed by atoms with Gasteiger partial charge in [0.1, 0.15) is 54.3 Å². The van der Waals surface area contributed by atoms with E-state index in [9.17, 15) is 66.0 Å². The molecule has 0 bridgehead atoms. The first kappa shape index (κ1) is 62.6. The zero-order chi connectivity index (χ0) is 60.7. The number of aromatic nitrogens is 3. The molecule has 7 rings (SSSR count). The highest BCUT2D eigenvalue weighted by molar-refractivity contribution is 7.86. The second-order valence-corrected chi connectivity index (χ2v) is 22.4. The van der Waals surface area contributed by atoms with Gasteiger partial charge in [0.25, 0.3) is 0 Å². The van der Waals surface area contributed by atoms with E-state index in [0.717, 1.165) is 48.5 Å². The maximum Gasteiger partial charge on any atom is 0.437 e. The number of rotatable bonds is 27. The zero-order valence-electron chi connectivity index (χ0n) is 43.8. The topological polar surface area (TPSA) is 261 Å². The molecule has 0 saturated carbocycles. The molecule has 30 heteroatoms. The van der Waals surface area contributed by atoms with Crippen molar-refractivity contribution in [2.24, 2.45) is 15.5 Å². The fraction of sp³-hybridized carbons (Fsp3) is 0.222. The molecule has 0 unspecified atom stereocenters. The normalized spacial score (nSPS) is 12.8. The summed E-state index contributed by atoms with van der Waals surface area (Å²) in [5, 5.41) is 9.56. The molecule has 0 fully saturated rings. The van der Waals surface area contributed by atoms with Crippen molar-refractivity contribution in [2.45, 2.75) is 56.2 Å². The lowest BCUT2D eigenvalue weighted by Gasteiger charge is -2.16. The van der Waals surface area contributed by atoms with Gasteiger partial charge in [0.05, 0.1) is 25.3 Å². The van der Waals surface area contributed by atoms with Gasteiger partial charge in [0, 0.05) is 11.1 Å². The zero-order valence-corrected chi connectivity index (χ0v) is 46.2. The van der Waals surface area contributed by atoms with Crippen LogP contribution in [-0.4, -0.2) is 88.3 Å². The Morgan fingerprint density at radius 1 is 0.393 bits per heavy atom. The van der Waals surface area contributed by atoms with Crippen LogP contribution < -0.4 is 31.3 Å². The monoisotopic (exact) mass is 1230 g/mol. The van der Waals surface area contributed by atoms with Gasteiger partial charge in [-0.2, -0.15) is 51.6 Å². The molecule has 84 heavy (non-hydrogen) atoms. The summed E-state index contributed by atoms with van der Waals surface area (Å²) in [6, 6.07) is 37.2. The van der Waals surface area contributed by atoms with E-state index < -0.39 is 132 Å². The molecule has 1 heterocycles. The Morgan fingerprint density at radius 2 is 0.655 bits per heavy atom. The van der Waals surface area contributed by atoms with E-state index in [1.54, 1.807) is 42.5 Å². The van der Waals surface area contributed by atoms with Crippen LogP contribution in [0.5, 0.6) is 17.2 Å². The molecule has 6 aromatic carbocycles. The Labute approximate surface area is 475 Å². The van der Waals surface area contributed by atoms with Crippen LogP contribution in [0.2, 0.25) is 0 Å². The quantitative estimate of drug-likeness (QED) is 0.0278. The molecule has 0 aliphatic rings. The molecule has 0 radical (unpaired) electrons. The van der Waals surface area contributed by atoms with E-state index >= 15 is 0 Å². The minimum Gasteiger partial charge on any atom is -0.492 e. The number of hydrogen-bond donors (Lipinski definition) is 0. The molecule has 0 aliphatic carbocycles. The van der Waals surface area contributed by atoms with Gasteiger partial charge in [-0.15, -0.1) is 0 Å². The van der Waals surface area contributed by atoms with E-state index in [1.807, 2.05) is 0 Å². The van der Waals surface area contributed by atoms with E-state index in [4.69, 9.17) is 18.5 Å². The summed E-state index contributed by atoms with van der Waals surface area (Å²) >= 11 is 0. The number of nitrogens with zero attached hydrogens (tertiary/aromatic N) is 6. The van der Waals surface area contributed by atoms with Crippen molar-refractivity contribution in [3.63, 3.8) is 0 Å². The van der Waals surface area contributed by atoms with Crippen molar-refractivity contribution in [2.75, 3.05) is 19.8 Å². The Bertz CT molecular complexity index is 3830. The first-order valence-electron chi connectivity index (χ1n) is 24.6. The number of oxime groups is 3. The molecule has 0 spiro atoms. The van der Waals surface area contributed by atoms with Crippen molar-refractivity contribution in [3.05, 3.63) is 229 Å². The highest BCUT2D eigenvalue weighted by Gasteiger charge is 2.40. The summed E-state index contributed by atoms with van der Waals surface area (Å²) in [6.07, 6.45) is -10.4. The van der Waals surface area contributed by atoms with Crippen molar-refractivity contribution in [3.8, 4) is 17.2 Å². The van der Waals surface area contributed by atoms with E-state index in [1.165, 1.54) is 79.7 Å². The predicted octanol–water partition coefficient (Wildman–Crippen LogP) is 7.31. The maximum absolute atomic E-state index is 14.1. The Hall–Kier alpha value is -9.03.